The second kappa shape index (κ2) is 4.92. The molecule has 0 saturated heterocycles. The number of nitrogens with zero attached hydrogens (tertiary/aromatic N) is 2. The van der Waals surface area contributed by atoms with Crippen LogP contribution in [0.4, 0.5) is 0 Å². The third kappa shape index (κ3) is 5.11. The number of hydrogen-bond donors (Lipinski definition) is 1. The van der Waals surface area contributed by atoms with Gasteiger partial charge in [0.1, 0.15) is 0 Å². The Hall–Kier alpha value is -0.640. The third-order valence-electron chi connectivity index (χ3n) is 1.82. The number of hydrogen-bond acceptors (Lipinski definition) is 3. The van der Waals surface area contributed by atoms with Crippen LogP contribution in [0.3, 0.4) is 0 Å². The molecule has 0 aliphatic rings. The Bertz CT molecular complexity index is 337. The van der Waals surface area contributed by atoms with E-state index in [1.165, 1.54) is 11.4 Å². The number of nitriles is 1. The number of nitrogens with one attached hydrogen (secondary N) is 1. The highest BCUT2D eigenvalue weighted by Crippen LogP contribution is 2.09. The Morgan fingerprint density at radius 1 is 1.47 bits per heavy atom. The molecule has 0 amide bonds. The summed E-state index contributed by atoms with van der Waals surface area (Å²) in [4.78, 5) is 0. The molecule has 0 aliphatic carbocycles. The van der Waals surface area contributed by atoms with Gasteiger partial charge in [0, 0.05) is 18.6 Å². The first kappa shape index (κ1) is 14.4. The molecule has 0 rings (SSSR count). The van der Waals surface area contributed by atoms with E-state index < -0.39 is 15.7 Å². The molecule has 88 valence electrons. The first-order valence-electron chi connectivity index (χ1n) is 4.74. The van der Waals surface area contributed by atoms with Gasteiger partial charge in [0.25, 0.3) is 10.2 Å². The predicted molar refractivity (Wildman–Crippen MR) is 59.3 cm³/mol. The Morgan fingerprint density at radius 3 is 2.27 bits per heavy atom. The largest absolute Gasteiger partial charge is 0.279 e. The maximum atomic E-state index is 11.8. The van der Waals surface area contributed by atoms with E-state index in [4.69, 9.17) is 5.26 Å². The summed E-state index contributed by atoms with van der Waals surface area (Å²) in [6.07, 6.45) is 0.182. The van der Waals surface area contributed by atoms with E-state index in [0.717, 1.165) is 0 Å². The molecule has 1 atom stereocenters. The lowest BCUT2D eigenvalue weighted by Crippen LogP contribution is -2.49. The highest BCUT2D eigenvalue weighted by atomic mass is 32.2. The molecule has 0 saturated carbocycles. The summed E-state index contributed by atoms with van der Waals surface area (Å²) in [5, 5.41) is 8.49. The van der Waals surface area contributed by atoms with Gasteiger partial charge in [0.15, 0.2) is 0 Å². The van der Waals surface area contributed by atoms with Crippen molar-refractivity contribution in [2.45, 2.75) is 45.7 Å². The lowest BCUT2D eigenvalue weighted by Gasteiger charge is -2.28. The highest BCUT2D eigenvalue weighted by Gasteiger charge is 2.27. The normalized spacial score (nSPS) is 15.0. The quantitative estimate of drug-likeness (QED) is 0.782. The molecule has 0 aromatic heterocycles. The van der Waals surface area contributed by atoms with Crippen LogP contribution in [0.1, 0.15) is 34.1 Å². The van der Waals surface area contributed by atoms with E-state index in [9.17, 15) is 8.42 Å². The average molecular weight is 233 g/mol. The van der Waals surface area contributed by atoms with Crippen molar-refractivity contribution in [3.63, 3.8) is 0 Å². The summed E-state index contributed by atoms with van der Waals surface area (Å²) in [5.41, 5.74) is -0.514. The van der Waals surface area contributed by atoms with Gasteiger partial charge in [-0.3, -0.25) is 0 Å². The second-order valence-electron chi connectivity index (χ2n) is 4.58. The van der Waals surface area contributed by atoms with Crippen molar-refractivity contribution in [2.75, 3.05) is 7.05 Å². The monoisotopic (exact) mass is 233 g/mol. The van der Waals surface area contributed by atoms with E-state index >= 15 is 0 Å². The average Bonchev–Trinajstić information content (AvgIpc) is 1.98. The molecule has 0 fully saturated rings. The fraction of sp³-hybridized carbons (Fsp3) is 0.889. The first-order chi connectivity index (χ1) is 6.60. The fourth-order valence-electron chi connectivity index (χ4n) is 0.956. The van der Waals surface area contributed by atoms with Gasteiger partial charge in [0.2, 0.25) is 0 Å². The molecule has 0 aromatic carbocycles. The molecule has 0 aromatic rings. The van der Waals surface area contributed by atoms with Gasteiger partial charge in [-0.25, -0.2) is 0 Å². The van der Waals surface area contributed by atoms with Crippen LogP contribution in [-0.4, -0.2) is 31.4 Å². The molecule has 0 radical (unpaired) electrons. The van der Waals surface area contributed by atoms with Crippen LogP contribution < -0.4 is 4.72 Å². The molecule has 15 heavy (non-hydrogen) atoms. The zero-order chi connectivity index (χ0) is 12.3. The van der Waals surface area contributed by atoms with E-state index in [-0.39, 0.29) is 12.5 Å². The second-order valence-corrected chi connectivity index (χ2v) is 6.31. The Labute approximate surface area is 92.3 Å². The molecule has 0 aliphatic heterocycles. The van der Waals surface area contributed by atoms with Crippen LogP contribution in [0.15, 0.2) is 0 Å². The first-order valence-corrected chi connectivity index (χ1v) is 6.18. The molecule has 6 heteroatoms. The van der Waals surface area contributed by atoms with Gasteiger partial charge in [0.05, 0.1) is 12.5 Å². The van der Waals surface area contributed by atoms with Crippen molar-refractivity contribution in [3.05, 3.63) is 0 Å². The summed E-state index contributed by atoms with van der Waals surface area (Å²) in [5.74, 6) is 0. The van der Waals surface area contributed by atoms with E-state index in [1.807, 2.05) is 6.07 Å². The molecular formula is C9H19N3O2S. The summed E-state index contributed by atoms with van der Waals surface area (Å²) in [6.45, 7) is 7.01. The zero-order valence-electron chi connectivity index (χ0n) is 9.90. The smallest absolute Gasteiger partial charge is 0.198 e. The fourth-order valence-corrected chi connectivity index (χ4v) is 2.42. The van der Waals surface area contributed by atoms with Crippen LogP contribution >= 0.6 is 0 Å². The van der Waals surface area contributed by atoms with E-state index in [0.29, 0.717) is 0 Å². The Morgan fingerprint density at radius 2 is 1.93 bits per heavy atom. The summed E-state index contributed by atoms with van der Waals surface area (Å²) in [7, 11) is -2.04. The minimum Gasteiger partial charge on any atom is -0.198 e. The summed E-state index contributed by atoms with van der Waals surface area (Å²) in [6, 6.07) is 1.63. The standard InChI is InChI=1S/C9H19N3O2S/c1-8(6-7-10)12(5)15(13,14)11-9(2,3)4/h8,11H,6H2,1-5H3. The van der Waals surface area contributed by atoms with Gasteiger partial charge in [-0.15, -0.1) is 0 Å². The van der Waals surface area contributed by atoms with Gasteiger partial charge in [-0.2, -0.15) is 22.7 Å². The Balaban J connectivity index is 4.69. The van der Waals surface area contributed by atoms with Crippen LogP contribution in [-0.2, 0) is 10.2 Å². The minimum absolute atomic E-state index is 0.182. The van der Waals surface area contributed by atoms with Gasteiger partial charge in [-0.1, -0.05) is 0 Å². The van der Waals surface area contributed by atoms with Gasteiger partial charge < -0.3 is 0 Å². The molecular weight excluding hydrogens is 214 g/mol. The zero-order valence-corrected chi connectivity index (χ0v) is 10.7. The molecule has 1 N–H and O–H groups in total. The minimum atomic E-state index is -3.51. The number of rotatable bonds is 4. The van der Waals surface area contributed by atoms with Crippen LogP contribution in [0.25, 0.3) is 0 Å². The maximum absolute atomic E-state index is 11.8. The SMILES string of the molecule is CC(CC#N)N(C)S(=O)(=O)NC(C)(C)C. The maximum Gasteiger partial charge on any atom is 0.279 e. The molecule has 5 nitrogen and oxygen atoms in total. The van der Waals surface area contributed by atoms with Crippen LogP contribution in [0, 0.1) is 11.3 Å². The van der Waals surface area contributed by atoms with Crippen molar-refractivity contribution in [3.8, 4) is 6.07 Å². The summed E-state index contributed by atoms with van der Waals surface area (Å²) >= 11 is 0. The van der Waals surface area contributed by atoms with Gasteiger partial charge in [-0.05, 0) is 27.7 Å². The lowest BCUT2D eigenvalue weighted by molar-refractivity contribution is 0.370. The van der Waals surface area contributed by atoms with Crippen molar-refractivity contribution in [1.82, 2.24) is 9.03 Å². The van der Waals surface area contributed by atoms with Crippen molar-refractivity contribution in [2.24, 2.45) is 0 Å². The van der Waals surface area contributed by atoms with Gasteiger partial charge >= 0.3 is 0 Å². The van der Waals surface area contributed by atoms with Crippen molar-refractivity contribution < 1.29 is 8.42 Å². The highest BCUT2D eigenvalue weighted by molar-refractivity contribution is 7.87. The molecule has 0 heterocycles. The Kier molecular flexibility index (Phi) is 4.71. The molecule has 1 unspecified atom stereocenters. The van der Waals surface area contributed by atoms with Crippen LogP contribution in [0.5, 0.6) is 0 Å². The van der Waals surface area contributed by atoms with Crippen molar-refractivity contribution in [1.29, 1.82) is 5.26 Å². The third-order valence-corrected chi connectivity index (χ3v) is 3.81. The van der Waals surface area contributed by atoms with E-state index in [1.54, 1.807) is 27.7 Å². The summed E-state index contributed by atoms with van der Waals surface area (Å²) < 4.78 is 27.2. The topological polar surface area (TPSA) is 73.2 Å². The van der Waals surface area contributed by atoms with E-state index in [2.05, 4.69) is 4.72 Å². The van der Waals surface area contributed by atoms with Crippen LogP contribution in [0.2, 0.25) is 0 Å². The lowest BCUT2D eigenvalue weighted by atomic mass is 10.1. The predicted octanol–water partition coefficient (Wildman–Crippen LogP) is 0.853. The molecule has 0 bridgehead atoms. The van der Waals surface area contributed by atoms with Crippen molar-refractivity contribution >= 4 is 10.2 Å². The molecule has 0 spiro atoms.